The number of hydrogen-bond acceptors (Lipinski definition) is 7. The molecule has 10 nitrogen and oxygen atoms in total. The van der Waals surface area contributed by atoms with E-state index in [-0.39, 0.29) is 23.0 Å². The maximum Gasteiger partial charge on any atom is 0.269 e. The Morgan fingerprint density at radius 2 is 1.66 bits per heavy atom. The lowest BCUT2D eigenvalue weighted by Gasteiger charge is -2.33. The Balaban J connectivity index is 1.50. The number of amides is 1. The molecule has 170 valence electrons. The fourth-order valence-corrected chi connectivity index (χ4v) is 4.68. The largest absolute Gasteiger partial charge is 0.292 e. The van der Waals surface area contributed by atoms with Gasteiger partial charge in [0.05, 0.1) is 22.1 Å². The highest BCUT2D eigenvalue weighted by atomic mass is 32.2. The highest BCUT2D eigenvalue weighted by Crippen LogP contribution is 2.18. The van der Waals surface area contributed by atoms with Crippen molar-refractivity contribution < 1.29 is 18.1 Å². The zero-order chi connectivity index (χ0) is 23.3. The maximum absolute atomic E-state index is 12.8. The zero-order valence-corrected chi connectivity index (χ0v) is 18.7. The third kappa shape index (κ3) is 5.75. The normalized spacial score (nSPS) is 16.0. The number of hydrogen-bond donors (Lipinski definition) is 1. The van der Waals surface area contributed by atoms with Crippen LogP contribution < -0.4 is 5.43 Å². The minimum Gasteiger partial charge on any atom is -0.292 e. The molecule has 0 spiro atoms. The summed E-state index contributed by atoms with van der Waals surface area (Å²) in [5, 5.41) is 14.8. The van der Waals surface area contributed by atoms with E-state index in [2.05, 4.69) is 10.5 Å². The number of nitro groups is 1. The first kappa shape index (κ1) is 23.5. The summed E-state index contributed by atoms with van der Waals surface area (Å²) >= 11 is 0. The van der Waals surface area contributed by atoms with Crippen LogP contribution in [-0.2, 0) is 14.8 Å². The Labute approximate surface area is 186 Å². The smallest absolute Gasteiger partial charge is 0.269 e. The number of carbonyl (C=O) groups excluding carboxylic acids is 1. The van der Waals surface area contributed by atoms with E-state index in [9.17, 15) is 23.3 Å². The second-order valence-corrected chi connectivity index (χ2v) is 9.47. The summed E-state index contributed by atoms with van der Waals surface area (Å²) in [6.45, 7) is 5.15. The Hall–Kier alpha value is -3.15. The molecule has 1 fully saturated rings. The van der Waals surface area contributed by atoms with Crippen LogP contribution in [0.2, 0.25) is 0 Å². The SMILES string of the molecule is C/C(=N\NC(=O)CN1CCN(S(=O)(=O)c2ccc(C)cc2)CC1)c1ccc([N+](=O)[O-])cc1. The zero-order valence-electron chi connectivity index (χ0n) is 17.9. The third-order valence-corrected chi connectivity index (χ3v) is 7.11. The Bertz CT molecular complexity index is 1110. The lowest BCUT2D eigenvalue weighted by atomic mass is 10.1. The number of aryl methyl sites for hydroxylation is 1. The molecule has 0 atom stereocenters. The topological polar surface area (TPSA) is 125 Å². The van der Waals surface area contributed by atoms with Crippen LogP contribution in [-0.4, -0.2) is 66.9 Å². The van der Waals surface area contributed by atoms with E-state index in [1.54, 1.807) is 43.3 Å². The molecule has 1 aliphatic rings. The molecule has 0 unspecified atom stereocenters. The monoisotopic (exact) mass is 459 g/mol. The number of carbonyl (C=O) groups is 1. The molecule has 0 bridgehead atoms. The van der Waals surface area contributed by atoms with Gasteiger partial charge in [-0.1, -0.05) is 17.7 Å². The van der Waals surface area contributed by atoms with Gasteiger partial charge in [0.1, 0.15) is 0 Å². The van der Waals surface area contributed by atoms with Gasteiger partial charge in [0.25, 0.3) is 11.6 Å². The van der Waals surface area contributed by atoms with Crippen molar-refractivity contribution in [2.24, 2.45) is 5.10 Å². The first-order valence-electron chi connectivity index (χ1n) is 10.0. The lowest BCUT2D eigenvalue weighted by molar-refractivity contribution is -0.384. The van der Waals surface area contributed by atoms with Crippen LogP contribution in [0.25, 0.3) is 0 Å². The summed E-state index contributed by atoms with van der Waals surface area (Å²) in [5.41, 5.74) is 4.63. The summed E-state index contributed by atoms with van der Waals surface area (Å²) in [5.74, 6) is -0.318. The van der Waals surface area contributed by atoms with Crippen LogP contribution in [0.1, 0.15) is 18.1 Å². The van der Waals surface area contributed by atoms with Crippen LogP contribution in [0.3, 0.4) is 0 Å². The molecule has 32 heavy (non-hydrogen) atoms. The molecule has 11 heteroatoms. The first-order valence-corrected chi connectivity index (χ1v) is 11.5. The van der Waals surface area contributed by atoms with Gasteiger partial charge in [-0.05, 0) is 43.7 Å². The molecule has 0 saturated carbocycles. The number of non-ortho nitro benzene ring substituents is 1. The number of benzene rings is 2. The second kappa shape index (κ2) is 9.98. The van der Waals surface area contributed by atoms with E-state index >= 15 is 0 Å². The Morgan fingerprint density at radius 1 is 1.06 bits per heavy atom. The minimum absolute atomic E-state index is 0.0193. The molecule has 0 aromatic heterocycles. The number of hydrazone groups is 1. The van der Waals surface area contributed by atoms with Crippen LogP contribution in [0.5, 0.6) is 0 Å². The van der Waals surface area contributed by atoms with Crippen molar-refractivity contribution in [1.82, 2.24) is 14.6 Å². The molecule has 2 aromatic rings. The predicted octanol–water partition coefficient (Wildman–Crippen LogP) is 1.75. The highest BCUT2D eigenvalue weighted by molar-refractivity contribution is 7.89. The molecule has 0 radical (unpaired) electrons. The average Bonchev–Trinajstić information content (AvgIpc) is 2.78. The standard InChI is InChI=1S/C21H25N5O5S/c1-16-3-9-20(10-4-16)32(30,31)25-13-11-24(12-14-25)15-21(27)23-22-17(2)18-5-7-19(8-6-18)26(28)29/h3-10H,11-15H2,1-2H3,(H,23,27)/b22-17+. The molecular formula is C21H25N5O5S. The van der Waals surface area contributed by atoms with E-state index < -0.39 is 14.9 Å². The van der Waals surface area contributed by atoms with Gasteiger partial charge in [-0.15, -0.1) is 0 Å². The Morgan fingerprint density at radius 3 is 2.22 bits per heavy atom. The number of nitro benzene ring substituents is 1. The van der Waals surface area contributed by atoms with Gasteiger partial charge in [-0.25, -0.2) is 13.8 Å². The van der Waals surface area contributed by atoms with E-state index in [1.165, 1.54) is 16.4 Å². The number of rotatable bonds is 7. The van der Waals surface area contributed by atoms with Crippen LogP contribution in [0.15, 0.2) is 58.5 Å². The van der Waals surface area contributed by atoms with Crippen molar-refractivity contribution >= 4 is 27.3 Å². The highest BCUT2D eigenvalue weighted by Gasteiger charge is 2.28. The van der Waals surface area contributed by atoms with Gasteiger partial charge in [-0.3, -0.25) is 19.8 Å². The summed E-state index contributed by atoms with van der Waals surface area (Å²) < 4.78 is 27.0. The molecule has 3 rings (SSSR count). The molecule has 1 aliphatic heterocycles. The molecular weight excluding hydrogens is 434 g/mol. The Kier molecular flexibility index (Phi) is 7.33. The molecule has 1 N–H and O–H groups in total. The second-order valence-electron chi connectivity index (χ2n) is 7.53. The van der Waals surface area contributed by atoms with Gasteiger partial charge < -0.3 is 0 Å². The summed E-state index contributed by atoms with van der Waals surface area (Å²) in [7, 11) is -3.55. The predicted molar refractivity (Wildman–Crippen MR) is 120 cm³/mol. The number of sulfonamides is 1. The molecule has 1 heterocycles. The van der Waals surface area contributed by atoms with E-state index in [0.717, 1.165) is 5.56 Å². The summed E-state index contributed by atoms with van der Waals surface area (Å²) in [4.78, 5) is 24.6. The van der Waals surface area contributed by atoms with Gasteiger partial charge in [0.15, 0.2) is 0 Å². The van der Waals surface area contributed by atoms with Crippen molar-refractivity contribution in [2.75, 3.05) is 32.7 Å². The lowest BCUT2D eigenvalue weighted by Crippen LogP contribution is -2.50. The average molecular weight is 460 g/mol. The van der Waals surface area contributed by atoms with Gasteiger partial charge in [-0.2, -0.15) is 9.41 Å². The van der Waals surface area contributed by atoms with Crippen LogP contribution in [0, 0.1) is 17.0 Å². The van der Waals surface area contributed by atoms with Crippen molar-refractivity contribution in [3.05, 3.63) is 69.8 Å². The van der Waals surface area contributed by atoms with E-state index in [0.29, 0.717) is 37.5 Å². The van der Waals surface area contributed by atoms with Crippen molar-refractivity contribution in [3.8, 4) is 0 Å². The molecule has 1 amide bonds. The van der Waals surface area contributed by atoms with Crippen molar-refractivity contribution in [1.29, 1.82) is 0 Å². The third-order valence-electron chi connectivity index (χ3n) is 5.20. The van der Waals surface area contributed by atoms with Gasteiger partial charge in [0.2, 0.25) is 10.0 Å². The van der Waals surface area contributed by atoms with Gasteiger partial charge in [0, 0.05) is 38.3 Å². The fourth-order valence-electron chi connectivity index (χ4n) is 3.26. The summed E-state index contributed by atoms with van der Waals surface area (Å²) in [6, 6.07) is 12.6. The van der Waals surface area contributed by atoms with Gasteiger partial charge >= 0.3 is 0 Å². The van der Waals surface area contributed by atoms with Crippen molar-refractivity contribution in [2.45, 2.75) is 18.7 Å². The quantitative estimate of drug-likeness (QED) is 0.382. The molecule has 1 saturated heterocycles. The number of nitrogens with one attached hydrogen (secondary N) is 1. The number of nitrogens with zero attached hydrogens (tertiary/aromatic N) is 4. The first-order chi connectivity index (χ1) is 15.2. The number of piperazine rings is 1. The van der Waals surface area contributed by atoms with Crippen LogP contribution >= 0.6 is 0 Å². The van der Waals surface area contributed by atoms with E-state index in [4.69, 9.17) is 0 Å². The molecule has 2 aromatic carbocycles. The fraction of sp³-hybridized carbons (Fsp3) is 0.333. The summed E-state index contributed by atoms with van der Waals surface area (Å²) in [6.07, 6.45) is 0. The minimum atomic E-state index is -3.55. The maximum atomic E-state index is 12.8. The van der Waals surface area contributed by atoms with E-state index in [1.807, 2.05) is 11.8 Å². The molecule has 0 aliphatic carbocycles. The van der Waals surface area contributed by atoms with Crippen LogP contribution in [0.4, 0.5) is 5.69 Å². The van der Waals surface area contributed by atoms with Crippen molar-refractivity contribution in [3.63, 3.8) is 0 Å².